The number of ether oxygens (including phenoxy) is 1. The van der Waals surface area contributed by atoms with E-state index in [1.54, 1.807) is 6.07 Å². The van der Waals surface area contributed by atoms with E-state index in [0.29, 0.717) is 14.1 Å². The third kappa shape index (κ3) is 3.46. The van der Waals surface area contributed by atoms with Crippen LogP contribution in [-0.4, -0.2) is 27.9 Å². The minimum Gasteiger partial charge on any atom is -0.502 e. The average Bonchev–Trinajstić information content (AvgIpc) is 2.20. The minimum absolute atomic E-state index is 0.0421. The molecule has 0 saturated carbocycles. The van der Waals surface area contributed by atoms with Gasteiger partial charge in [-0.05, 0) is 44.4 Å². The van der Waals surface area contributed by atoms with Gasteiger partial charge in [0.25, 0.3) is 0 Å². The maximum Gasteiger partial charge on any atom is 0.191 e. The topological polar surface area (TPSA) is 62.6 Å². The third-order valence-electron chi connectivity index (χ3n) is 2.09. The highest BCUT2D eigenvalue weighted by molar-refractivity contribution is 14.1. The Hall–Kier alpha value is -0.0800. The summed E-state index contributed by atoms with van der Waals surface area (Å²) < 4.78 is 6.59. The van der Waals surface area contributed by atoms with Crippen LogP contribution < -0.4 is 4.74 Å². The number of aliphatic hydroxyl groups is 1. The Balaban J connectivity index is 2.96. The SMILES string of the molecule is CC(C)C(CO)Oc1cc(I)nc(Br)c1O. The Bertz CT molecular complexity index is 373. The van der Waals surface area contributed by atoms with E-state index in [0.717, 1.165) is 0 Å². The number of aromatic hydroxyl groups is 1. The van der Waals surface area contributed by atoms with Crippen molar-refractivity contribution in [2.24, 2.45) is 5.92 Å². The van der Waals surface area contributed by atoms with Crippen LogP contribution in [0.1, 0.15) is 13.8 Å². The number of aromatic nitrogens is 1. The van der Waals surface area contributed by atoms with Crippen LogP contribution >= 0.6 is 38.5 Å². The molecule has 0 fully saturated rings. The van der Waals surface area contributed by atoms with Gasteiger partial charge in [0.05, 0.1) is 6.61 Å². The van der Waals surface area contributed by atoms with E-state index < -0.39 is 0 Å². The van der Waals surface area contributed by atoms with Gasteiger partial charge in [0.1, 0.15) is 9.80 Å². The van der Waals surface area contributed by atoms with E-state index in [1.165, 1.54) is 0 Å². The molecular weight excluding hydrogens is 389 g/mol. The Kier molecular flexibility index (Phi) is 5.26. The summed E-state index contributed by atoms with van der Waals surface area (Å²) in [4.78, 5) is 4.02. The van der Waals surface area contributed by atoms with Crippen LogP contribution in [0.5, 0.6) is 11.5 Å². The lowest BCUT2D eigenvalue weighted by Crippen LogP contribution is -2.27. The van der Waals surface area contributed by atoms with Crippen LogP contribution in [0.4, 0.5) is 0 Å². The van der Waals surface area contributed by atoms with Crippen molar-refractivity contribution >= 4 is 38.5 Å². The van der Waals surface area contributed by atoms with Crippen molar-refractivity contribution in [3.05, 3.63) is 14.4 Å². The fourth-order valence-electron chi connectivity index (χ4n) is 1.09. The summed E-state index contributed by atoms with van der Waals surface area (Å²) in [5, 5.41) is 18.9. The molecule has 0 aromatic carbocycles. The van der Waals surface area contributed by atoms with Crippen LogP contribution in [0, 0.1) is 9.62 Å². The zero-order chi connectivity index (χ0) is 12.3. The summed E-state index contributed by atoms with van der Waals surface area (Å²) in [6.45, 7) is 3.80. The van der Waals surface area contributed by atoms with Crippen molar-refractivity contribution in [2.45, 2.75) is 20.0 Å². The van der Waals surface area contributed by atoms with Crippen LogP contribution in [0.15, 0.2) is 10.7 Å². The highest BCUT2D eigenvalue weighted by Crippen LogP contribution is 2.34. The molecule has 1 aromatic rings. The van der Waals surface area contributed by atoms with Gasteiger partial charge in [-0.2, -0.15) is 0 Å². The maximum atomic E-state index is 9.73. The lowest BCUT2D eigenvalue weighted by atomic mass is 10.1. The molecule has 0 amide bonds. The molecule has 1 rings (SSSR count). The molecule has 2 N–H and O–H groups in total. The van der Waals surface area contributed by atoms with E-state index in [1.807, 2.05) is 36.4 Å². The zero-order valence-corrected chi connectivity index (χ0v) is 12.7. The zero-order valence-electron chi connectivity index (χ0n) is 8.94. The molecular formula is C10H13BrINO3. The molecule has 1 atom stereocenters. The van der Waals surface area contributed by atoms with Gasteiger partial charge in [-0.1, -0.05) is 13.8 Å². The number of hydrogen-bond acceptors (Lipinski definition) is 4. The molecule has 1 unspecified atom stereocenters. The summed E-state index contributed by atoms with van der Waals surface area (Å²) in [5.74, 6) is 0.451. The second kappa shape index (κ2) is 6.02. The third-order valence-corrected chi connectivity index (χ3v) is 3.19. The van der Waals surface area contributed by atoms with Gasteiger partial charge in [0.2, 0.25) is 0 Å². The summed E-state index contributed by atoms with van der Waals surface area (Å²) in [7, 11) is 0. The molecule has 0 radical (unpaired) electrons. The van der Waals surface area contributed by atoms with Gasteiger partial charge in [0.15, 0.2) is 16.1 Å². The van der Waals surface area contributed by atoms with Crippen molar-refractivity contribution in [1.82, 2.24) is 4.98 Å². The molecule has 90 valence electrons. The van der Waals surface area contributed by atoms with Crippen LogP contribution in [0.3, 0.4) is 0 Å². The molecule has 0 aliphatic heterocycles. The fourth-order valence-corrected chi connectivity index (χ4v) is 2.34. The highest BCUT2D eigenvalue weighted by Gasteiger charge is 2.18. The van der Waals surface area contributed by atoms with E-state index >= 15 is 0 Å². The molecule has 0 bridgehead atoms. The van der Waals surface area contributed by atoms with E-state index in [4.69, 9.17) is 9.84 Å². The van der Waals surface area contributed by atoms with Crippen LogP contribution in [-0.2, 0) is 0 Å². The first kappa shape index (κ1) is 14.0. The number of nitrogens with zero attached hydrogens (tertiary/aromatic N) is 1. The quantitative estimate of drug-likeness (QED) is 0.601. The highest BCUT2D eigenvalue weighted by atomic mass is 127. The first-order valence-corrected chi connectivity index (χ1v) is 6.65. The molecule has 0 spiro atoms. The number of pyridine rings is 1. The molecule has 4 nitrogen and oxygen atoms in total. The Morgan fingerprint density at radius 1 is 1.56 bits per heavy atom. The van der Waals surface area contributed by atoms with Crippen molar-refractivity contribution < 1.29 is 14.9 Å². The monoisotopic (exact) mass is 401 g/mol. The van der Waals surface area contributed by atoms with Crippen molar-refractivity contribution in [3.8, 4) is 11.5 Å². The smallest absolute Gasteiger partial charge is 0.191 e. The van der Waals surface area contributed by atoms with Crippen molar-refractivity contribution in [2.75, 3.05) is 6.61 Å². The van der Waals surface area contributed by atoms with Gasteiger partial charge in [-0.3, -0.25) is 0 Å². The predicted octanol–water partition coefficient (Wildman–Crippen LogP) is 2.55. The molecule has 0 saturated heterocycles. The summed E-state index contributed by atoms with van der Waals surface area (Å²) >= 11 is 5.17. The largest absolute Gasteiger partial charge is 0.502 e. The van der Waals surface area contributed by atoms with E-state index in [9.17, 15) is 5.11 Å². The minimum atomic E-state index is -0.337. The fraction of sp³-hybridized carbons (Fsp3) is 0.500. The van der Waals surface area contributed by atoms with Gasteiger partial charge in [0, 0.05) is 6.07 Å². The summed E-state index contributed by atoms with van der Waals surface area (Å²) in [6, 6.07) is 1.63. The second-order valence-electron chi connectivity index (χ2n) is 3.67. The van der Waals surface area contributed by atoms with Gasteiger partial charge in [-0.15, -0.1) is 0 Å². The maximum absolute atomic E-state index is 9.73. The van der Waals surface area contributed by atoms with Crippen LogP contribution in [0.2, 0.25) is 0 Å². The van der Waals surface area contributed by atoms with Crippen molar-refractivity contribution in [3.63, 3.8) is 0 Å². The Labute approximate surface area is 116 Å². The lowest BCUT2D eigenvalue weighted by Gasteiger charge is -2.21. The van der Waals surface area contributed by atoms with Gasteiger partial charge in [-0.25, -0.2) is 4.98 Å². The van der Waals surface area contributed by atoms with E-state index in [2.05, 4.69) is 20.9 Å². The molecule has 1 aromatic heterocycles. The summed E-state index contributed by atoms with van der Waals surface area (Å²) in [5.41, 5.74) is 0. The lowest BCUT2D eigenvalue weighted by molar-refractivity contribution is 0.0774. The summed E-state index contributed by atoms with van der Waals surface area (Å²) in [6.07, 6.45) is -0.337. The second-order valence-corrected chi connectivity index (χ2v) is 5.52. The standard InChI is InChI=1S/C10H13BrINO3/c1-5(2)7(4-14)16-6-3-8(12)13-10(11)9(6)15/h3,5,7,14-15H,4H2,1-2H3. The van der Waals surface area contributed by atoms with E-state index in [-0.39, 0.29) is 24.4 Å². The van der Waals surface area contributed by atoms with Crippen molar-refractivity contribution in [1.29, 1.82) is 0 Å². The molecule has 1 heterocycles. The Morgan fingerprint density at radius 2 is 2.19 bits per heavy atom. The molecule has 6 heteroatoms. The Morgan fingerprint density at radius 3 is 2.69 bits per heavy atom. The molecule has 0 aliphatic carbocycles. The molecule has 16 heavy (non-hydrogen) atoms. The number of halogens is 2. The predicted molar refractivity (Wildman–Crippen MR) is 72.7 cm³/mol. The number of rotatable bonds is 4. The number of aliphatic hydroxyl groups excluding tert-OH is 1. The van der Waals surface area contributed by atoms with Gasteiger partial charge >= 0.3 is 0 Å². The first-order chi connectivity index (χ1) is 7.45. The van der Waals surface area contributed by atoms with Crippen LogP contribution in [0.25, 0.3) is 0 Å². The average molecular weight is 402 g/mol. The normalized spacial score (nSPS) is 12.9. The number of hydrogen-bond donors (Lipinski definition) is 2. The molecule has 0 aliphatic rings. The first-order valence-electron chi connectivity index (χ1n) is 4.78. The van der Waals surface area contributed by atoms with Gasteiger partial charge < -0.3 is 14.9 Å².